The van der Waals surface area contributed by atoms with Gasteiger partial charge in [0.1, 0.15) is 0 Å². The molecule has 0 aliphatic carbocycles. The molecule has 0 saturated carbocycles. The van der Waals surface area contributed by atoms with Gasteiger partial charge in [-0.25, -0.2) is 0 Å². The lowest BCUT2D eigenvalue weighted by molar-refractivity contribution is -0.116. The van der Waals surface area contributed by atoms with Gasteiger partial charge in [0, 0.05) is 17.4 Å². The first-order valence-electron chi connectivity index (χ1n) is 6.25. The fourth-order valence-electron chi connectivity index (χ4n) is 1.53. The van der Waals surface area contributed by atoms with E-state index in [2.05, 4.69) is 40.4 Å². The summed E-state index contributed by atoms with van der Waals surface area (Å²) in [4.78, 5) is 11.7. The molecule has 0 aromatic heterocycles. The maximum absolute atomic E-state index is 11.7. The van der Waals surface area contributed by atoms with Crippen molar-refractivity contribution in [3.05, 3.63) is 28.2 Å². The van der Waals surface area contributed by atoms with Gasteiger partial charge in [0.25, 0.3) is 0 Å². The highest BCUT2D eigenvalue weighted by molar-refractivity contribution is 9.10. The zero-order valence-electron chi connectivity index (χ0n) is 11.2. The van der Waals surface area contributed by atoms with Crippen molar-refractivity contribution in [1.29, 1.82) is 0 Å². The Bertz CT molecular complexity index is 405. The fourth-order valence-corrected chi connectivity index (χ4v) is 2.12. The van der Waals surface area contributed by atoms with Gasteiger partial charge in [0.2, 0.25) is 5.91 Å². The summed E-state index contributed by atoms with van der Waals surface area (Å²) in [5.41, 5.74) is 1.99. The molecule has 1 aromatic carbocycles. The van der Waals surface area contributed by atoms with Crippen molar-refractivity contribution in [3.63, 3.8) is 0 Å². The number of halogens is 1. The van der Waals surface area contributed by atoms with E-state index >= 15 is 0 Å². The average Bonchev–Trinajstić information content (AvgIpc) is 2.28. The van der Waals surface area contributed by atoms with E-state index < -0.39 is 0 Å². The third kappa shape index (κ3) is 5.65. The van der Waals surface area contributed by atoms with E-state index in [0.29, 0.717) is 18.9 Å². The largest absolute Gasteiger partial charge is 0.325 e. The molecule has 1 rings (SSSR count). The quantitative estimate of drug-likeness (QED) is 0.791. The second-order valence-electron chi connectivity index (χ2n) is 4.88. The van der Waals surface area contributed by atoms with Gasteiger partial charge in [-0.15, -0.1) is 0 Å². The molecular weight excluding hydrogens is 292 g/mol. The highest BCUT2D eigenvalue weighted by atomic mass is 79.9. The van der Waals surface area contributed by atoms with Crippen molar-refractivity contribution in [3.8, 4) is 0 Å². The molecule has 0 aliphatic heterocycles. The molecule has 1 aromatic rings. The second-order valence-corrected chi connectivity index (χ2v) is 5.73. The van der Waals surface area contributed by atoms with E-state index in [-0.39, 0.29) is 5.91 Å². The summed E-state index contributed by atoms with van der Waals surface area (Å²) in [5.74, 6) is 0.648. The van der Waals surface area contributed by atoms with Crippen molar-refractivity contribution in [2.75, 3.05) is 18.4 Å². The molecule has 0 atom stereocenters. The van der Waals surface area contributed by atoms with Crippen molar-refractivity contribution in [1.82, 2.24) is 5.32 Å². The lowest BCUT2D eigenvalue weighted by atomic mass is 10.2. The van der Waals surface area contributed by atoms with Crippen LogP contribution < -0.4 is 10.6 Å². The van der Waals surface area contributed by atoms with Crippen LogP contribution in [0.15, 0.2) is 22.7 Å². The van der Waals surface area contributed by atoms with E-state index in [1.807, 2.05) is 25.1 Å². The summed E-state index contributed by atoms with van der Waals surface area (Å²) in [6.07, 6.45) is 0.493. The summed E-state index contributed by atoms with van der Waals surface area (Å²) in [6, 6.07) is 5.89. The van der Waals surface area contributed by atoms with Gasteiger partial charge >= 0.3 is 0 Å². The summed E-state index contributed by atoms with van der Waals surface area (Å²) in [5, 5.41) is 6.15. The van der Waals surface area contributed by atoms with Crippen LogP contribution in [0, 0.1) is 12.8 Å². The SMILES string of the molecule is Cc1ccc(NC(=O)CCNCC(C)C)c(Br)c1. The maximum atomic E-state index is 11.7. The molecule has 100 valence electrons. The van der Waals surface area contributed by atoms with Crippen LogP contribution in [-0.2, 0) is 4.79 Å². The molecule has 0 radical (unpaired) electrons. The van der Waals surface area contributed by atoms with Crippen LogP contribution in [0.4, 0.5) is 5.69 Å². The number of benzene rings is 1. The summed E-state index contributed by atoms with van der Waals surface area (Å²) in [7, 11) is 0. The van der Waals surface area contributed by atoms with Crippen molar-refractivity contribution < 1.29 is 4.79 Å². The Hall–Kier alpha value is -0.870. The summed E-state index contributed by atoms with van der Waals surface area (Å²) in [6.45, 7) is 7.98. The number of anilines is 1. The number of carbonyl (C=O) groups is 1. The van der Waals surface area contributed by atoms with Crippen LogP contribution >= 0.6 is 15.9 Å². The molecule has 3 nitrogen and oxygen atoms in total. The van der Waals surface area contributed by atoms with Crippen molar-refractivity contribution in [2.24, 2.45) is 5.92 Å². The summed E-state index contributed by atoms with van der Waals surface area (Å²) >= 11 is 3.45. The van der Waals surface area contributed by atoms with Gasteiger partial charge in [0.15, 0.2) is 0 Å². The third-order valence-electron chi connectivity index (χ3n) is 2.48. The molecule has 0 unspecified atom stereocenters. The molecule has 0 fully saturated rings. The van der Waals surface area contributed by atoms with E-state index in [9.17, 15) is 4.79 Å². The topological polar surface area (TPSA) is 41.1 Å². The monoisotopic (exact) mass is 312 g/mol. The number of nitrogens with one attached hydrogen (secondary N) is 2. The van der Waals surface area contributed by atoms with Crippen molar-refractivity contribution >= 4 is 27.5 Å². The first-order chi connectivity index (χ1) is 8.49. The minimum atomic E-state index is 0.0378. The van der Waals surface area contributed by atoms with Crippen LogP contribution in [0.3, 0.4) is 0 Å². The second kappa shape index (κ2) is 7.54. The molecule has 4 heteroatoms. The standard InChI is InChI=1S/C14H21BrN2O/c1-10(2)9-16-7-6-14(18)17-13-5-4-11(3)8-12(13)15/h4-5,8,10,16H,6-7,9H2,1-3H3,(H,17,18). The lowest BCUT2D eigenvalue weighted by Crippen LogP contribution is -2.25. The van der Waals surface area contributed by atoms with Crippen LogP contribution in [0.2, 0.25) is 0 Å². The zero-order valence-corrected chi connectivity index (χ0v) is 12.8. The smallest absolute Gasteiger partial charge is 0.225 e. The lowest BCUT2D eigenvalue weighted by Gasteiger charge is -2.09. The maximum Gasteiger partial charge on any atom is 0.225 e. The molecule has 1 amide bonds. The highest BCUT2D eigenvalue weighted by Crippen LogP contribution is 2.23. The number of amides is 1. The number of hydrogen-bond acceptors (Lipinski definition) is 2. The Kier molecular flexibility index (Phi) is 6.36. The van der Waals surface area contributed by atoms with Gasteiger partial charge in [-0.3, -0.25) is 4.79 Å². The summed E-state index contributed by atoms with van der Waals surface area (Å²) < 4.78 is 0.922. The van der Waals surface area contributed by atoms with E-state index in [4.69, 9.17) is 0 Å². The normalized spacial score (nSPS) is 10.7. The van der Waals surface area contributed by atoms with Crippen molar-refractivity contribution in [2.45, 2.75) is 27.2 Å². The number of rotatable bonds is 6. The van der Waals surface area contributed by atoms with Crippen LogP contribution in [0.1, 0.15) is 25.8 Å². The molecule has 2 N–H and O–H groups in total. The van der Waals surface area contributed by atoms with Crippen LogP contribution in [0.25, 0.3) is 0 Å². The fraction of sp³-hybridized carbons (Fsp3) is 0.500. The first-order valence-corrected chi connectivity index (χ1v) is 7.05. The number of hydrogen-bond donors (Lipinski definition) is 2. The van der Waals surface area contributed by atoms with Gasteiger partial charge in [-0.2, -0.15) is 0 Å². The third-order valence-corrected chi connectivity index (χ3v) is 3.14. The van der Waals surface area contributed by atoms with E-state index in [1.54, 1.807) is 0 Å². The van der Waals surface area contributed by atoms with Gasteiger partial charge in [0.05, 0.1) is 5.69 Å². The van der Waals surface area contributed by atoms with Gasteiger partial charge in [-0.1, -0.05) is 19.9 Å². The molecule has 0 spiro atoms. The minimum Gasteiger partial charge on any atom is -0.325 e. The van der Waals surface area contributed by atoms with Gasteiger partial charge < -0.3 is 10.6 Å². The average molecular weight is 313 g/mol. The Balaban J connectivity index is 2.35. The molecule has 0 heterocycles. The molecule has 0 bridgehead atoms. The van der Waals surface area contributed by atoms with E-state index in [1.165, 1.54) is 5.56 Å². The van der Waals surface area contributed by atoms with E-state index in [0.717, 1.165) is 16.7 Å². The predicted molar refractivity (Wildman–Crippen MR) is 79.8 cm³/mol. The molecule has 18 heavy (non-hydrogen) atoms. The van der Waals surface area contributed by atoms with Crippen LogP contribution in [-0.4, -0.2) is 19.0 Å². The molecule has 0 saturated heterocycles. The first kappa shape index (κ1) is 15.2. The van der Waals surface area contributed by atoms with Crippen LogP contribution in [0.5, 0.6) is 0 Å². The van der Waals surface area contributed by atoms with Gasteiger partial charge in [-0.05, 0) is 53.0 Å². The minimum absolute atomic E-state index is 0.0378. The Morgan fingerprint density at radius 3 is 2.72 bits per heavy atom. The Morgan fingerprint density at radius 2 is 2.11 bits per heavy atom. The highest BCUT2D eigenvalue weighted by Gasteiger charge is 2.05. The molecular formula is C14H21BrN2O. The predicted octanol–water partition coefficient (Wildman–Crippen LogP) is 3.33. The number of aryl methyl sites for hydroxylation is 1. The Morgan fingerprint density at radius 1 is 1.39 bits per heavy atom. The molecule has 0 aliphatic rings. The zero-order chi connectivity index (χ0) is 13.5. The Labute approximate surface area is 117 Å². The number of carbonyl (C=O) groups excluding carboxylic acids is 1.